The van der Waals surface area contributed by atoms with Crippen molar-refractivity contribution >= 4 is 11.5 Å². The lowest BCUT2D eigenvalue weighted by atomic mass is 9.95. The zero-order valence-corrected chi connectivity index (χ0v) is 14.3. The largest absolute Gasteiger partial charge is 0.387 e. The van der Waals surface area contributed by atoms with Crippen LogP contribution < -0.4 is 0 Å². The van der Waals surface area contributed by atoms with Crippen molar-refractivity contribution in [1.29, 1.82) is 5.26 Å². The Kier molecular flexibility index (Phi) is 4.48. The van der Waals surface area contributed by atoms with E-state index in [1.54, 1.807) is 0 Å². The molecule has 1 aromatic heterocycles. The average molecular weight is 349 g/mol. The number of oxime groups is 1. The lowest BCUT2D eigenvalue weighted by molar-refractivity contribution is -0.113. The number of rotatable bonds is 4. The molecule has 0 spiro atoms. The van der Waals surface area contributed by atoms with Crippen molar-refractivity contribution in [3.05, 3.63) is 47.5 Å². The maximum atomic E-state index is 12.9. The quantitative estimate of drug-likeness (QED) is 0.846. The SMILES string of the molecule is N#CC(C(=O)C1=NOC(c2ccccc2)C1)c1nnc2n1CCCCC2. The van der Waals surface area contributed by atoms with E-state index in [2.05, 4.69) is 21.4 Å². The molecule has 0 saturated heterocycles. The van der Waals surface area contributed by atoms with Crippen LogP contribution in [0.4, 0.5) is 0 Å². The summed E-state index contributed by atoms with van der Waals surface area (Å²) in [6, 6.07) is 11.7. The van der Waals surface area contributed by atoms with Crippen LogP contribution in [-0.4, -0.2) is 26.3 Å². The minimum atomic E-state index is -0.994. The van der Waals surface area contributed by atoms with Crippen molar-refractivity contribution in [2.24, 2.45) is 5.16 Å². The van der Waals surface area contributed by atoms with Crippen LogP contribution >= 0.6 is 0 Å². The van der Waals surface area contributed by atoms with Crippen LogP contribution in [0.2, 0.25) is 0 Å². The standard InChI is InChI=1S/C19H19N5O2/c20-12-14(19-22-21-17-9-5-2-6-10-24(17)19)18(25)15-11-16(26-23-15)13-7-3-1-4-8-13/h1,3-4,7-8,14,16H,2,5-6,9-11H2. The molecule has 3 heterocycles. The summed E-state index contributed by atoms with van der Waals surface area (Å²) in [5.74, 6) is -0.0471. The van der Waals surface area contributed by atoms with Crippen LogP contribution in [-0.2, 0) is 22.6 Å². The number of Topliss-reactive ketones (excluding diaryl/α,β-unsaturated/α-hetero) is 1. The highest BCUT2D eigenvalue weighted by atomic mass is 16.6. The van der Waals surface area contributed by atoms with Crippen LogP contribution in [0, 0.1) is 11.3 Å². The van der Waals surface area contributed by atoms with Gasteiger partial charge in [-0.15, -0.1) is 10.2 Å². The molecule has 0 amide bonds. The van der Waals surface area contributed by atoms with Gasteiger partial charge in [-0.2, -0.15) is 5.26 Å². The van der Waals surface area contributed by atoms with Gasteiger partial charge in [0.15, 0.2) is 17.8 Å². The van der Waals surface area contributed by atoms with Crippen LogP contribution in [0.1, 0.15) is 54.9 Å². The first-order valence-corrected chi connectivity index (χ1v) is 8.91. The highest BCUT2D eigenvalue weighted by molar-refractivity contribution is 6.42. The van der Waals surface area contributed by atoms with E-state index >= 15 is 0 Å². The second-order valence-corrected chi connectivity index (χ2v) is 6.61. The molecule has 0 bridgehead atoms. The minimum Gasteiger partial charge on any atom is -0.387 e. The van der Waals surface area contributed by atoms with Crippen LogP contribution in [0.5, 0.6) is 0 Å². The lowest BCUT2D eigenvalue weighted by Gasteiger charge is -2.11. The third-order valence-corrected chi connectivity index (χ3v) is 4.91. The van der Waals surface area contributed by atoms with E-state index in [0.29, 0.717) is 12.2 Å². The van der Waals surface area contributed by atoms with E-state index < -0.39 is 5.92 Å². The third-order valence-electron chi connectivity index (χ3n) is 4.91. The van der Waals surface area contributed by atoms with Gasteiger partial charge in [-0.3, -0.25) is 4.79 Å². The van der Waals surface area contributed by atoms with Gasteiger partial charge < -0.3 is 9.40 Å². The number of ketones is 1. The van der Waals surface area contributed by atoms with Crippen LogP contribution in [0.15, 0.2) is 35.5 Å². The number of aryl methyl sites for hydroxylation is 1. The number of carbonyl (C=O) groups is 1. The zero-order valence-electron chi connectivity index (χ0n) is 14.3. The number of nitrogens with zero attached hydrogens (tertiary/aromatic N) is 5. The third kappa shape index (κ3) is 2.99. The maximum Gasteiger partial charge on any atom is 0.205 e. The van der Waals surface area contributed by atoms with E-state index in [1.165, 1.54) is 0 Å². The predicted molar refractivity (Wildman–Crippen MR) is 93.3 cm³/mol. The van der Waals surface area contributed by atoms with Crippen molar-refractivity contribution in [1.82, 2.24) is 14.8 Å². The van der Waals surface area contributed by atoms with E-state index in [4.69, 9.17) is 4.84 Å². The number of carbonyl (C=O) groups excluding carboxylic acids is 1. The Morgan fingerprint density at radius 3 is 2.88 bits per heavy atom. The summed E-state index contributed by atoms with van der Waals surface area (Å²) < 4.78 is 1.93. The van der Waals surface area contributed by atoms with E-state index in [0.717, 1.165) is 43.6 Å². The van der Waals surface area contributed by atoms with Crippen molar-refractivity contribution in [3.8, 4) is 6.07 Å². The molecular weight excluding hydrogens is 330 g/mol. The summed E-state index contributed by atoms with van der Waals surface area (Å²) in [6.07, 6.45) is 4.09. The number of hydrogen-bond acceptors (Lipinski definition) is 6. The molecule has 0 aliphatic carbocycles. The van der Waals surface area contributed by atoms with Crippen LogP contribution in [0.25, 0.3) is 0 Å². The molecule has 132 valence electrons. The number of aromatic nitrogens is 3. The summed E-state index contributed by atoms with van der Waals surface area (Å²) in [7, 11) is 0. The van der Waals surface area contributed by atoms with Crippen LogP contribution in [0.3, 0.4) is 0 Å². The van der Waals surface area contributed by atoms with Gasteiger partial charge in [-0.05, 0) is 18.4 Å². The van der Waals surface area contributed by atoms with Crippen molar-refractivity contribution in [3.63, 3.8) is 0 Å². The first-order chi connectivity index (χ1) is 12.8. The molecule has 0 N–H and O–H groups in total. The molecule has 0 radical (unpaired) electrons. The predicted octanol–water partition coefficient (Wildman–Crippen LogP) is 2.70. The first-order valence-electron chi connectivity index (χ1n) is 8.91. The maximum absolute atomic E-state index is 12.9. The number of nitriles is 1. The van der Waals surface area contributed by atoms with Crippen molar-refractivity contribution in [2.45, 2.75) is 50.7 Å². The monoisotopic (exact) mass is 349 g/mol. The zero-order chi connectivity index (χ0) is 17.9. The number of benzene rings is 1. The average Bonchev–Trinajstić information content (AvgIpc) is 3.25. The summed E-state index contributed by atoms with van der Waals surface area (Å²) in [6.45, 7) is 0.749. The molecule has 0 saturated carbocycles. The summed E-state index contributed by atoms with van der Waals surface area (Å²) in [5.41, 5.74) is 1.25. The molecule has 26 heavy (non-hydrogen) atoms. The fourth-order valence-corrected chi connectivity index (χ4v) is 3.49. The Morgan fingerprint density at radius 2 is 2.08 bits per heavy atom. The Bertz CT molecular complexity index is 881. The van der Waals surface area contributed by atoms with Gasteiger partial charge in [0.1, 0.15) is 11.5 Å². The number of hydrogen-bond donors (Lipinski definition) is 0. The summed E-state index contributed by atoms with van der Waals surface area (Å²) >= 11 is 0. The van der Waals surface area contributed by atoms with Crippen molar-refractivity contribution in [2.75, 3.05) is 0 Å². The topological polar surface area (TPSA) is 93.2 Å². The van der Waals surface area contributed by atoms with E-state index in [-0.39, 0.29) is 17.6 Å². The Hall–Kier alpha value is -3.01. The Morgan fingerprint density at radius 1 is 1.23 bits per heavy atom. The highest BCUT2D eigenvalue weighted by Gasteiger charge is 2.35. The van der Waals surface area contributed by atoms with Gasteiger partial charge in [0.05, 0.1) is 6.07 Å². The Labute approximate surface area is 151 Å². The van der Waals surface area contributed by atoms with E-state index in [1.807, 2.05) is 34.9 Å². The van der Waals surface area contributed by atoms with E-state index in [9.17, 15) is 10.1 Å². The highest BCUT2D eigenvalue weighted by Crippen LogP contribution is 2.30. The molecule has 2 atom stereocenters. The Balaban J connectivity index is 1.54. The first kappa shape index (κ1) is 16.5. The van der Waals surface area contributed by atoms with Gasteiger partial charge in [-0.1, -0.05) is 41.9 Å². The second kappa shape index (κ2) is 7.08. The lowest BCUT2D eigenvalue weighted by Crippen LogP contribution is -2.24. The fourth-order valence-electron chi connectivity index (χ4n) is 3.49. The molecule has 4 rings (SSSR count). The molecule has 2 aromatic rings. The molecule has 7 heteroatoms. The molecule has 2 aliphatic heterocycles. The second-order valence-electron chi connectivity index (χ2n) is 6.61. The van der Waals surface area contributed by atoms with Gasteiger partial charge in [-0.25, -0.2) is 0 Å². The molecule has 2 aliphatic rings. The van der Waals surface area contributed by atoms with Gasteiger partial charge in [0, 0.05) is 19.4 Å². The van der Waals surface area contributed by atoms with Crippen molar-refractivity contribution < 1.29 is 9.63 Å². The van der Waals surface area contributed by atoms with Gasteiger partial charge >= 0.3 is 0 Å². The normalized spacial score (nSPS) is 20.3. The molecule has 7 nitrogen and oxygen atoms in total. The molecular formula is C19H19N5O2. The summed E-state index contributed by atoms with van der Waals surface area (Å²) in [4.78, 5) is 18.3. The molecule has 1 aromatic carbocycles. The molecule has 0 fully saturated rings. The molecule has 2 unspecified atom stereocenters. The fraction of sp³-hybridized carbons (Fsp3) is 0.421. The minimum absolute atomic E-state index is 0.287. The van der Waals surface area contributed by atoms with Gasteiger partial charge in [0.2, 0.25) is 5.78 Å². The number of fused-ring (bicyclic) bond motifs is 1. The van der Waals surface area contributed by atoms with Gasteiger partial charge in [0.25, 0.3) is 0 Å². The smallest absolute Gasteiger partial charge is 0.205 e. The summed E-state index contributed by atoms with van der Waals surface area (Å²) in [5, 5.41) is 21.9.